The molecule has 1 heterocycles. The molecule has 0 fully saturated rings. The lowest BCUT2D eigenvalue weighted by molar-refractivity contribution is 0.260. The van der Waals surface area contributed by atoms with Crippen LogP contribution in [0.2, 0.25) is 0 Å². The smallest absolute Gasteiger partial charge is 0.145 e. The number of aromatic nitrogens is 3. The fraction of sp³-hybridized carbons (Fsp3) is 0.600. The summed E-state index contributed by atoms with van der Waals surface area (Å²) in [5.74, 6) is 0.600. The summed E-state index contributed by atoms with van der Waals surface area (Å²) >= 11 is 0. The number of hydrogen-bond donors (Lipinski definition) is 2. The number of aliphatic hydroxyl groups excluding tert-OH is 1. The summed E-state index contributed by atoms with van der Waals surface area (Å²) in [6, 6.07) is -0.424. The number of aryl methyl sites for hydroxylation is 1. The highest BCUT2D eigenvalue weighted by atomic mass is 35.5. The summed E-state index contributed by atoms with van der Waals surface area (Å²) in [6.07, 6.45) is 1.41. The summed E-state index contributed by atoms with van der Waals surface area (Å²) in [7, 11) is 1.73. The van der Waals surface area contributed by atoms with Crippen LogP contribution in [0.25, 0.3) is 0 Å². The molecule has 12 heavy (non-hydrogen) atoms. The Morgan fingerprint density at radius 2 is 2.25 bits per heavy atom. The van der Waals surface area contributed by atoms with Gasteiger partial charge in [-0.2, -0.15) is 5.10 Å². The Hall–Kier alpha value is -0.360. The van der Waals surface area contributed by atoms with E-state index in [-0.39, 0.29) is 31.4 Å². The van der Waals surface area contributed by atoms with Crippen LogP contribution in [-0.2, 0) is 7.05 Å². The Bertz CT molecular complexity index is 217. The predicted octanol–water partition coefficient (Wildman–Crippen LogP) is -0.349. The number of halogens is 2. The first-order chi connectivity index (χ1) is 4.75. The molecule has 1 rings (SSSR count). The summed E-state index contributed by atoms with van der Waals surface area (Å²) in [6.45, 7) is -0.105. The van der Waals surface area contributed by atoms with E-state index < -0.39 is 6.04 Å². The average Bonchev–Trinajstić information content (AvgIpc) is 2.34. The third kappa shape index (κ3) is 2.94. The number of nitrogens with zero attached hydrogens (tertiary/aromatic N) is 3. The van der Waals surface area contributed by atoms with E-state index in [1.807, 2.05) is 0 Å². The molecular formula is C5H12Cl2N4O. The van der Waals surface area contributed by atoms with Crippen LogP contribution >= 0.6 is 24.8 Å². The number of nitrogens with two attached hydrogens (primary N) is 1. The third-order valence-corrected chi connectivity index (χ3v) is 1.27. The van der Waals surface area contributed by atoms with E-state index in [2.05, 4.69) is 10.1 Å². The average molecular weight is 215 g/mol. The first-order valence-corrected chi connectivity index (χ1v) is 2.96. The summed E-state index contributed by atoms with van der Waals surface area (Å²) in [5, 5.41) is 12.4. The summed E-state index contributed by atoms with van der Waals surface area (Å²) < 4.78 is 1.54. The number of rotatable bonds is 2. The minimum absolute atomic E-state index is 0. The van der Waals surface area contributed by atoms with Gasteiger partial charge in [-0.05, 0) is 0 Å². The number of aliphatic hydroxyl groups is 1. The molecule has 0 bridgehead atoms. The van der Waals surface area contributed by atoms with Crippen LogP contribution in [-0.4, -0.2) is 26.5 Å². The lowest BCUT2D eigenvalue weighted by Gasteiger charge is -2.04. The molecule has 0 amide bonds. The molecule has 1 aromatic heterocycles. The molecule has 0 saturated heterocycles. The Kier molecular flexibility index (Phi) is 7.31. The van der Waals surface area contributed by atoms with E-state index >= 15 is 0 Å². The maximum atomic E-state index is 8.62. The van der Waals surface area contributed by atoms with Crippen LogP contribution in [0, 0.1) is 0 Å². The SMILES string of the molecule is Cl.Cl.Cn1ncnc1[C@H](N)CO. The second-order valence-corrected chi connectivity index (χ2v) is 2.03. The Balaban J connectivity index is 0. The molecule has 0 aromatic carbocycles. The third-order valence-electron chi connectivity index (χ3n) is 1.27. The van der Waals surface area contributed by atoms with Gasteiger partial charge in [0.1, 0.15) is 12.2 Å². The van der Waals surface area contributed by atoms with Gasteiger partial charge in [-0.3, -0.25) is 4.68 Å². The van der Waals surface area contributed by atoms with E-state index in [1.54, 1.807) is 11.7 Å². The van der Waals surface area contributed by atoms with Gasteiger partial charge >= 0.3 is 0 Å². The Labute approximate surface area is 82.8 Å². The molecule has 1 atom stereocenters. The normalized spacial score (nSPS) is 11.2. The van der Waals surface area contributed by atoms with E-state index in [1.165, 1.54) is 6.33 Å². The van der Waals surface area contributed by atoms with Gasteiger partial charge in [0.15, 0.2) is 0 Å². The monoisotopic (exact) mass is 214 g/mol. The van der Waals surface area contributed by atoms with Gasteiger partial charge < -0.3 is 10.8 Å². The van der Waals surface area contributed by atoms with Gasteiger partial charge in [-0.1, -0.05) is 0 Å². The van der Waals surface area contributed by atoms with E-state index in [4.69, 9.17) is 10.8 Å². The summed E-state index contributed by atoms with van der Waals surface area (Å²) in [4.78, 5) is 3.85. The molecule has 72 valence electrons. The van der Waals surface area contributed by atoms with Crippen molar-refractivity contribution in [3.8, 4) is 0 Å². The zero-order valence-corrected chi connectivity index (χ0v) is 8.18. The van der Waals surface area contributed by atoms with Crippen molar-refractivity contribution in [1.29, 1.82) is 0 Å². The van der Waals surface area contributed by atoms with Gasteiger partial charge in [0, 0.05) is 7.05 Å². The number of hydrogen-bond acceptors (Lipinski definition) is 4. The van der Waals surface area contributed by atoms with Crippen molar-refractivity contribution in [2.75, 3.05) is 6.61 Å². The molecule has 0 spiro atoms. The largest absolute Gasteiger partial charge is 0.394 e. The zero-order valence-electron chi connectivity index (χ0n) is 6.54. The van der Waals surface area contributed by atoms with Gasteiger partial charge in [0.25, 0.3) is 0 Å². The van der Waals surface area contributed by atoms with Gasteiger partial charge in [-0.15, -0.1) is 24.8 Å². The second-order valence-electron chi connectivity index (χ2n) is 2.03. The molecule has 0 radical (unpaired) electrons. The van der Waals surface area contributed by atoms with Crippen molar-refractivity contribution < 1.29 is 5.11 Å². The predicted molar refractivity (Wildman–Crippen MR) is 49.5 cm³/mol. The quantitative estimate of drug-likeness (QED) is 0.706. The maximum absolute atomic E-state index is 8.62. The minimum Gasteiger partial charge on any atom is -0.394 e. The topological polar surface area (TPSA) is 77.0 Å². The fourth-order valence-electron chi connectivity index (χ4n) is 0.723. The highest BCUT2D eigenvalue weighted by Crippen LogP contribution is 2.01. The Morgan fingerprint density at radius 1 is 1.67 bits per heavy atom. The van der Waals surface area contributed by atoms with Crippen molar-refractivity contribution in [2.45, 2.75) is 6.04 Å². The maximum Gasteiger partial charge on any atom is 0.145 e. The van der Waals surface area contributed by atoms with Crippen LogP contribution in [0.4, 0.5) is 0 Å². The molecule has 0 saturated carbocycles. The van der Waals surface area contributed by atoms with Crippen molar-refractivity contribution in [1.82, 2.24) is 14.8 Å². The molecule has 5 nitrogen and oxygen atoms in total. The van der Waals surface area contributed by atoms with Gasteiger partial charge in [0.05, 0.1) is 12.6 Å². The van der Waals surface area contributed by atoms with Crippen LogP contribution in [0.5, 0.6) is 0 Å². The zero-order chi connectivity index (χ0) is 7.56. The Morgan fingerprint density at radius 3 is 2.58 bits per heavy atom. The van der Waals surface area contributed by atoms with E-state index in [0.29, 0.717) is 5.82 Å². The highest BCUT2D eigenvalue weighted by Gasteiger charge is 2.08. The van der Waals surface area contributed by atoms with Gasteiger partial charge in [0.2, 0.25) is 0 Å². The lowest BCUT2D eigenvalue weighted by atomic mass is 10.3. The van der Waals surface area contributed by atoms with Crippen LogP contribution < -0.4 is 5.73 Å². The molecular weight excluding hydrogens is 203 g/mol. The van der Waals surface area contributed by atoms with E-state index in [9.17, 15) is 0 Å². The van der Waals surface area contributed by atoms with Crippen molar-refractivity contribution in [3.05, 3.63) is 12.2 Å². The molecule has 3 N–H and O–H groups in total. The molecule has 7 heteroatoms. The minimum atomic E-state index is -0.424. The van der Waals surface area contributed by atoms with E-state index in [0.717, 1.165) is 0 Å². The van der Waals surface area contributed by atoms with Crippen molar-refractivity contribution in [3.63, 3.8) is 0 Å². The lowest BCUT2D eigenvalue weighted by Crippen LogP contribution is -2.19. The first-order valence-electron chi connectivity index (χ1n) is 2.96. The van der Waals surface area contributed by atoms with Crippen molar-refractivity contribution >= 4 is 24.8 Å². The van der Waals surface area contributed by atoms with Crippen LogP contribution in [0.1, 0.15) is 11.9 Å². The van der Waals surface area contributed by atoms with Gasteiger partial charge in [-0.25, -0.2) is 4.98 Å². The molecule has 0 aliphatic carbocycles. The second kappa shape index (κ2) is 6.19. The standard InChI is InChI=1S/C5H10N4O.2ClH/c1-9-5(4(6)2-10)7-3-8-9;;/h3-4,10H,2,6H2,1H3;2*1H/t4-;;/m1../s1. The first kappa shape index (κ1) is 14.2. The summed E-state index contributed by atoms with van der Waals surface area (Å²) in [5.41, 5.74) is 5.47. The van der Waals surface area contributed by atoms with Crippen molar-refractivity contribution in [2.24, 2.45) is 12.8 Å². The highest BCUT2D eigenvalue weighted by molar-refractivity contribution is 5.85. The van der Waals surface area contributed by atoms with Crippen LogP contribution in [0.3, 0.4) is 0 Å². The fourth-order valence-corrected chi connectivity index (χ4v) is 0.723. The molecule has 1 aromatic rings. The molecule has 0 aliphatic rings. The van der Waals surface area contributed by atoms with Crippen LogP contribution in [0.15, 0.2) is 6.33 Å². The molecule has 0 aliphatic heterocycles. The molecule has 0 unspecified atom stereocenters.